The Bertz CT molecular complexity index is 1330. The quantitative estimate of drug-likeness (QED) is 0.423. The van der Waals surface area contributed by atoms with Crippen LogP contribution in [0.3, 0.4) is 0 Å². The molecule has 3 amide bonds. The van der Waals surface area contributed by atoms with Crippen LogP contribution in [0.4, 0.5) is 15.8 Å². The fourth-order valence-corrected chi connectivity index (χ4v) is 4.56. The highest BCUT2D eigenvalue weighted by Gasteiger charge is 2.24. The van der Waals surface area contributed by atoms with Crippen molar-refractivity contribution in [1.29, 1.82) is 0 Å². The van der Waals surface area contributed by atoms with Crippen LogP contribution < -0.4 is 20.3 Å². The summed E-state index contributed by atoms with van der Waals surface area (Å²) in [6, 6.07) is 18.1. The van der Waals surface area contributed by atoms with Crippen molar-refractivity contribution in [2.75, 3.05) is 57.2 Å². The Hall–Kier alpha value is -4.44. The second-order valence-electron chi connectivity index (χ2n) is 9.38. The molecular formula is C30H33FN4O5. The summed E-state index contributed by atoms with van der Waals surface area (Å²) in [5.74, 6) is -0.394. The van der Waals surface area contributed by atoms with Gasteiger partial charge < -0.3 is 29.9 Å². The lowest BCUT2D eigenvalue weighted by atomic mass is 10.1. The molecule has 0 radical (unpaired) electrons. The minimum atomic E-state index is -0.349. The van der Waals surface area contributed by atoms with Crippen LogP contribution in [0.25, 0.3) is 0 Å². The van der Waals surface area contributed by atoms with Crippen molar-refractivity contribution in [3.05, 3.63) is 89.2 Å². The van der Waals surface area contributed by atoms with E-state index in [0.29, 0.717) is 60.9 Å². The van der Waals surface area contributed by atoms with Crippen LogP contribution >= 0.6 is 0 Å². The predicted octanol–water partition coefficient (Wildman–Crippen LogP) is 3.70. The Morgan fingerprint density at radius 2 is 1.65 bits per heavy atom. The number of hydrogen-bond acceptors (Lipinski definition) is 6. The van der Waals surface area contributed by atoms with E-state index in [9.17, 15) is 18.8 Å². The summed E-state index contributed by atoms with van der Waals surface area (Å²) in [5.41, 5.74) is 2.88. The van der Waals surface area contributed by atoms with Gasteiger partial charge in [0.05, 0.1) is 12.7 Å². The van der Waals surface area contributed by atoms with Gasteiger partial charge in [-0.25, -0.2) is 4.39 Å². The molecule has 0 unspecified atom stereocenters. The first-order valence-corrected chi connectivity index (χ1v) is 13.0. The molecule has 0 saturated carbocycles. The molecule has 4 rings (SSSR count). The maximum absolute atomic E-state index is 13.4. The summed E-state index contributed by atoms with van der Waals surface area (Å²) < 4.78 is 23.4. The molecule has 0 spiro atoms. The van der Waals surface area contributed by atoms with E-state index in [4.69, 9.17) is 9.47 Å². The molecule has 1 aliphatic rings. The second kappa shape index (κ2) is 13.6. The lowest BCUT2D eigenvalue weighted by Gasteiger charge is -2.26. The standard InChI is InChI=1S/C30H33FN4O5/c1-39-20-28(36)33-24-10-13-27(26(18-24)29(37)32-19-21-4-8-23(31)9-5-21)34-14-3-15-35(17-16-34)30(38)22-6-11-25(40-2)12-7-22/h4-13,18H,3,14-17,19-20H2,1-2H3,(H,32,37)(H,33,36). The van der Waals surface area contributed by atoms with Gasteiger partial charge >= 0.3 is 0 Å². The number of carbonyl (C=O) groups excluding carboxylic acids is 3. The van der Waals surface area contributed by atoms with Gasteiger partial charge in [-0.2, -0.15) is 0 Å². The number of halogens is 1. The zero-order valence-electron chi connectivity index (χ0n) is 22.6. The molecule has 0 aromatic heterocycles. The molecule has 3 aromatic rings. The third kappa shape index (κ3) is 7.35. The fourth-order valence-electron chi connectivity index (χ4n) is 4.56. The van der Waals surface area contributed by atoms with Crippen molar-refractivity contribution < 1.29 is 28.2 Å². The lowest BCUT2D eigenvalue weighted by molar-refractivity contribution is -0.119. The fraction of sp³-hybridized carbons (Fsp3) is 0.300. The predicted molar refractivity (Wildman–Crippen MR) is 150 cm³/mol. The topological polar surface area (TPSA) is 100 Å². The number of methoxy groups -OCH3 is 2. The van der Waals surface area contributed by atoms with Crippen molar-refractivity contribution in [2.24, 2.45) is 0 Å². The van der Waals surface area contributed by atoms with Crippen LogP contribution in [-0.2, 0) is 16.1 Å². The summed E-state index contributed by atoms with van der Waals surface area (Å²) in [5, 5.41) is 5.64. The van der Waals surface area contributed by atoms with E-state index in [0.717, 1.165) is 5.56 Å². The molecule has 40 heavy (non-hydrogen) atoms. The molecule has 9 nitrogen and oxygen atoms in total. The SMILES string of the molecule is COCC(=O)Nc1ccc(N2CCCN(C(=O)c3ccc(OC)cc3)CC2)c(C(=O)NCc2ccc(F)cc2)c1. The molecule has 3 aromatic carbocycles. The number of nitrogens with one attached hydrogen (secondary N) is 2. The first kappa shape index (κ1) is 28.6. The van der Waals surface area contributed by atoms with Gasteiger partial charge in [0, 0.05) is 56.8 Å². The summed E-state index contributed by atoms with van der Waals surface area (Å²) in [4.78, 5) is 42.5. The number of anilines is 2. The van der Waals surface area contributed by atoms with Crippen LogP contribution in [0.5, 0.6) is 5.75 Å². The molecule has 2 N–H and O–H groups in total. The molecule has 1 saturated heterocycles. The Labute approximate surface area is 232 Å². The first-order chi connectivity index (χ1) is 19.4. The van der Waals surface area contributed by atoms with Gasteiger partial charge in [0.25, 0.3) is 11.8 Å². The minimum absolute atomic E-state index is 0.0574. The van der Waals surface area contributed by atoms with E-state index < -0.39 is 0 Å². The second-order valence-corrected chi connectivity index (χ2v) is 9.38. The van der Waals surface area contributed by atoms with Crippen molar-refractivity contribution in [1.82, 2.24) is 10.2 Å². The lowest BCUT2D eigenvalue weighted by Crippen LogP contribution is -2.36. The van der Waals surface area contributed by atoms with E-state index in [-0.39, 0.29) is 36.7 Å². The van der Waals surface area contributed by atoms with Crippen LogP contribution in [0.2, 0.25) is 0 Å². The molecule has 1 aliphatic heterocycles. The van der Waals surface area contributed by atoms with Crippen molar-refractivity contribution >= 4 is 29.1 Å². The average Bonchev–Trinajstić information content (AvgIpc) is 3.23. The number of amides is 3. The van der Waals surface area contributed by atoms with Gasteiger partial charge in [-0.3, -0.25) is 14.4 Å². The van der Waals surface area contributed by atoms with Gasteiger partial charge in [0.1, 0.15) is 18.2 Å². The van der Waals surface area contributed by atoms with Gasteiger partial charge in [-0.05, 0) is 66.6 Å². The third-order valence-corrected chi connectivity index (χ3v) is 6.63. The maximum atomic E-state index is 13.4. The van der Waals surface area contributed by atoms with Gasteiger partial charge in [-0.1, -0.05) is 12.1 Å². The molecule has 1 heterocycles. The number of carbonyl (C=O) groups is 3. The Morgan fingerprint density at radius 3 is 2.35 bits per heavy atom. The number of nitrogens with zero attached hydrogens (tertiary/aromatic N) is 2. The molecule has 210 valence electrons. The summed E-state index contributed by atoms with van der Waals surface area (Å²) in [6.45, 7) is 2.32. The third-order valence-electron chi connectivity index (χ3n) is 6.63. The van der Waals surface area contributed by atoms with E-state index in [2.05, 4.69) is 15.5 Å². The molecular weight excluding hydrogens is 515 g/mol. The van der Waals surface area contributed by atoms with Crippen LogP contribution in [-0.4, -0.2) is 69.6 Å². The highest BCUT2D eigenvalue weighted by atomic mass is 19.1. The zero-order chi connectivity index (χ0) is 28.5. The number of hydrogen-bond donors (Lipinski definition) is 2. The van der Waals surface area contributed by atoms with E-state index >= 15 is 0 Å². The van der Waals surface area contributed by atoms with Gasteiger partial charge in [-0.15, -0.1) is 0 Å². The van der Waals surface area contributed by atoms with Crippen LogP contribution in [0, 0.1) is 5.82 Å². The molecule has 10 heteroatoms. The normalized spacial score (nSPS) is 13.4. The number of rotatable bonds is 9. The molecule has 1 fully saturated rings. The summed E-state index contributed by atoms with van der Waals surface area (Å²) in [7, 11) is 3.01. The summed E-state index contributed by atoms with van der Waals surface area (Å²) >= 11 is 0. The first-order valence-electron chi connectivity index (χ1n) is 13.0. The van der Waals surface area contributed by atoms with E-state index in [1.54, 1.807) is 61.7 Å². The zero-order valence-corrected chi connectivity index (χ0v) is 22.6. The Kier molecular flexibility index (Phi) is 9.69. The van der Waals surface area contributed by atoms with Crippen molar-refractivity contribution in [3.8, 4) is 5.75 Å². The minimum Gasteiger partial charge on any atom is -0.497 e. The largest absolute Gasteiger partial charge is 0.497 e. The van der Waals surface area contributed by atoms with Gasteiger partial charge in [0.15, 0.2) is 0 Å². The molecule has 0 atom stereocenters. The van der Waals surface area contributed by atoms with E-state index in [1.807, 2.05) is 4.90 Å². The monoisotopic (exact) mass is 548 g/mol. The highest BCUT2D eigenvalue weighted by molar-refractivity contribution is 6.02. The van der Waals surface area contributed by atoms with Crippen molar-refractivity contribution in [2.45, 2.75) is 13.0 Å². The molecule has 0 aliphatic carbocycles. The van der Waals surface area contributed by atoms with Gasteiger partial charge in [0.2, 0.25) is 5.91 Å². The van der Waals surface area contributed by atoms with Crippen LogP contribution in [0.15, 0.2) is 66.7 Å². The summed E-state index contributed by atoms with van der Waals surface area (Å²) in [6.07, 6.45) is 0.713. The Balaban J connectivity index is 1.52. The van der Waals surface area contributed by atoms with Crippen LogP contribution in [0.1, 0.15) is 32.7 Å². The number of benzene rings is 3. The smallest absolute Gasteiger partial charge is 0.253 e. The highest BCUT2D eigenvalue weighted by Crippen LogP contribution is 2.26. The van der Waals surface area contributed by atoms with E-state index in [1.165, 1.54) is 19.2 Å². The maximum Gasteiger partial charge on any atom is 0.253 e. The molecule has 0 bridgehead atoms. The average molecular weight is 549 g/mol. The Morgan fingerprint density at radius 1 is 0.900 bits per heavy atom. The van der Waals surface area contributed by atoms with Crippen molar-refractivity contribution in [3.63, 3.8) is 0 Å². The number of ether oxygens (including phenoxy) is 2.